The van der Waals surface area contributed by atoms with Crippen molar-refractivity contribution in [3.8, 4) is 0 Å². The maximum Gasteiger partial charge on any atom is 0.433 e. The lowest BCUT2D eigenvalue weighted by molar-refractivity contribution is -0.141. The minimum Gasteiger partial charge on any atom is -0.384 e. The topological polar surface area (TPSA) is 75.2 Å². The van der Waals surface area contributed by atoms with Gasteiger partial charge in [0.2, 0.25) is 0 Å². The first-order valence-electron chi connectivity index (χ1n) is 6.61. The lowest BCUT2D eigenvalue weighted by Crippen LogP contribution is -2.46. The molecule has 0 radical (unpaired) electrons. The Morgan fingerprint density at radius 3 is 2.81 bits per heavy atom. The third-order valence-electron chi connectivity index (χ3n) is 3.43. The van der Waals surface area contributed by atoms with Gasteiger partial charge in [0, 0.05) is 6.54 Å². The van der Waals surface area contributed by atoms with Gasteiger partial charge >= 0.3 is 6.18 Å². The van der Waals surface area contributed by atoms with E-state index in [2.05, 4.69) is 4.98 Å². The van der Waals surface area contributed by atoms with Crippen LogP contribution in [0.1, 0.15) is 24.6 Å². The van der Waals surface area contributed by atoms with Crippen molar-refractivity contribution in [2.75, 3.05) is 24.7 Å². The molecule has 0 amide bonds. The molecule has 3 N–H and O–H groups in total. The van der Waals surface area contributed by atoms with Gasteiger partial charge in [-0.05, 0) is 18.6 Å². The number of anilines is 1. The number of ether oxygens (including phenoxy) is 1. The number of hydrogen-bond acceptors (Lipinski definition) is 4. The van der Waals surface area contributed by atoms with Crippen LogP contribution in [0.25, 0.3) is 0 Å². The van der Waals surface area contributed by atoms with Gasteiger partial charge in [-0.1, -0.05) is 6.92 Å². The van der Waals surface area contributed by atoms with Crippen LogP contribution in [0.2, 0.25) is 0 Å². The largest absolute Gasteiger partial charge is 0.433 e. The molecule has 2 rings (SSSR count). The molecule has 116 valence electrons. The first kappa shape index (κ1) is 15.6. The van der Waals surface area contributed by atoms with Crippen LogP contribution in [-0.2, 0) is 10.9 Å². The van der Waals surface area contributed by atoms with Gasteiger partial charge < -0.3 is 15.4 Å². The zero-order chi connectivity index (χ0) is 15.6. The summed E-state index contributed by atoms with van der Waals surface area (Å²) in [5, 5.41) is 7.54. The minimum absolute atomic E-state index is 0.0761. The lowest BCUT2D eigenvalue weighted by atomic mass is 10.1. The zero-order valence-corrected chi connectivity index (χ0v) is 11.6. The Kier molecular flexibility index (Phi) is 4.36. The molecule has 1 aliphatic heterocycles. The van der Waals surface area contributed by atoms with Crippen molar-refractivity contribution in [3.05, 3.63) is 23.4 Å². The molecule has 5 nitrogen and oxygen atoms in total. The molecule has 1 aromatic rings. The van der Waals surface area contributed by atoms with E-state index in [9.17, 15) is 13.2 Å². The Morgan fingerprint density at radius 2 is 2.24 bits per heavy atom. The smallest absolute Gasteiger partial charge is 0.384 e. The maximum atomic E-state index is 12.9. The molecule has 0 aromatic carbocycles. The van der Waals surface area contributed by atoms with Crippen molar-refractivity contribution in [1.82, 2.24) is 4.98 Å². The zero-order valence-electron chi connectivity index (χ0n) is 11.6. The predicted octanol–water partition coefficient (Wildman–Crippen LogP) is 2.00. The Balaban J connectivity index is 2.49. The van der Waals surface area contributed by atoms with Crippen LogP contribution in [-0.4, -0.2) is 36.6 Å². The number of halogens is 3. The van der Waals surface area contributed by atoms with Gasteiger partial charge in [0.1, 0.15) is 17.3 Å². The molecular weight excluding hydrogens is 285 g/mol. The van der Waals surface area contributed by atoms with E-state index in [4.69, 9.17) is 15.9 Å². The van der Waals surface area contributed by atoms with Crippen LogP contribution in [0.5, 0.6) is 0 Å². The molecule has 1 aliphatic rings. The van der Waals surface area contributed by atoms with Gasteiger partial charge in [-0.25, -0.2) is 4.98 Å². The SMILES string of the molecule is CCC1COCCN1c1nc(C(F)(F)F)ccc1C(=N)N. The molecule has 1 aromatic heterocycles. The molecule has 2 heterocycles. The highest BCUT2D eigenvalue weighted by Crippen LogP contribution is 2.31. The number of nitrogens with zero attached hydrogens (tertiary/aromatic N) is 2. The van der Waals surface area contributed by atoms with Crippen molar-refractivity contribution in [2.24, 2.45) is 5.73 Å². The van der Waals surface area contributed by atoms with Crippen molar-refractivity contribution in [3.63, 3.8) is 0 Å². The molecule has 0 aliphatic carbocycles. The summed E-state index contributed by atoms with van der Waals surface area (Å²) in [6.07, 6.45) is -3.83. The number of nitrogens with one attached hydrogen (secondary N) is 1. The summed E-state index contributed by atoms with van der Waals surface area (Å²) in [7, 11) is 0. The first-order valence-corrected chi connectivity index (χ1v) is 6.61. The summed E-state index contributed by atoms with van der Waals surface area (Å²) < 4.78 is 43.9. The highest BCUT2D eigenvalue weighted by molar-refractivity contribution is 5.99. The number of rotatable bonds is 3. The summed E-state index contributed by atoms with van der Waals surface area (Å²) in [4.78, 5) is 5.46. The predicted molar refractivity (Wildman–Crippen MR) is 72.5 cm³/mol. The maximum absolute atomic E-state index is 12.9. The second-order valence-electron chi connectivity index (χ2n) is 4.81. The monoisotopic (exact) mass is 302 g/mol. The van der Waals surface area contributed by atoms with Crippen LogP contribution in [0.15, 0.2) is 12.1 Å². The third kappa shape index (κ3) is 3.26. The second-order valence-corrected chi connectivity index (χ2v) is 4.81. The Labute approximate surface area is 120 Å². The Hall–Kier alpha value is -1.83. The average molecular weight is 302 g/mol. The van der Waals surface area contributed by atoms with Crippen molar-refractivity contribution in [1.29, 1.82) is 5.41 Å². The minimum atomic E-state index is -4.53. The normalized spacial score (nSPS) is 19.6. The van der Waals surface area contributed by atoms with E-state index in [1.165, 1.54) is 6.07 Å². The van der Waals surface area contributed by atoms with Crippen molar-refractivity contribution in [2.45, 2.75) is 25.6 Å². The number of aromatic nitrogens is 1. The van der Waals surface area contributed by atoms with Gasteiger partial charge in [-0.15, -0.1) is 0 Å². The van der Waals surface area contributed by atoms with Crippen LogP contribution in [0, 0.1) is 5.41 Å². The third-order valence-corrected chi connectivity index (χ3v) is 3.43. The van der Waals surface area contributed by atoms with E-state index < -0.39 is 11.9 Å². The second kappa shape index (κ2) is 5.88. The molecular formula is C13H17F3N4O. The quantitative estimate of drug-likeness (QED) is 0.661. The lowest BCUT2D eigenvalue weighted by Gasteiger charge is -2.37. The average Bonchev–Trinajstić information content (AvgIpc) is 2.45. The van der Waals surface area contributed by atoms with Gasteiger partial charge in [-0.2, -0.15) is 13.2 Å². The van der Waals surface area contributed by atoms with E-state index in [0.717, 1.165) is 6.07 Å². The van der Waals surface area contributed by atoms with Crippen LogP contribution in [0.4, 0.5) is 19.0 Å². The number of hydrogen-bond donors (Lipinski definition) is 2. The van der Waals surface area contributed by atoms with E-state index in [0.29, 0.717) is 26.2 Å². The number of pyridine rings is 1. The summed E-state index contributed by atoms with van der Waals surface area (Å²) in [5.74, 6) is -0.194. The fourth-order valence-corrected chi connectivity index (χ4v) is 2.31. The molecule has 0 saturated carbocycles. The number of alkyl halides is 3. The molecule has 1 unspecified atom stereocenters. The number of morpholine rings is 1. The standard InChI is InChI=1S/C13H17F3N4O/c1-2-8-7-21-6-5-20(8)12-9(11(17)18)3-4-10(19-12)13(14,15)16/h3-4,8H,2,5-7H2,1H3,(H3,17,18). The van der Waals surface area contributed by atoms with Gasteiger partial charge in [0.05, 0.1) is 24.8 Å². The molecule has 8 heteroatoms. The summed E-state index contributed by atoms with van der Waals surface area (Å²) in [5.41, 5.74) is 4.70. The fraction of sp³-hybridized carbons (Fsp3) is 0.538. The number of nitrogens with two attached hydrogens (primary N) is 1. The highest BCUT2D eigenvalue weighted by atomic mass is 19.4. The van der Waals surface area contributed by atoms with Gasteiger partial charge in [-0.3, -0.25) is 5.41 Å². The molecule has 1 atom stereocenters. The highest BCUT2D eigenvalue weighted by Gasteiger charge is 2.35. The molecule has 21 heavy (non-hydrogen) atoms. The van der Waals surface area contributed by atoms with Crippen LogP contribution < -0.4 is 10.6 Å². The van der Waals surface area contributed by atoms with Crippen LogP contribution >= 0.6 is 0 Å². The van der Waals surface area contributed by atoms with Crippen molar-refractivity contribution >= 4 is 11.7 Å². The summed E-state index contributed by atoms with van der Waals surface area (Å²) in [6, 6.07) is 1.98. The van der Waals surface area contributed by atoms with E-state index in [-0.39, 0.29) is 23.3 Å². The Morgan fingerprint density at radius 1 is 1.52 bits per heavy atom. The van der Waals surface area contributed by atoms with E-state index in [1.54, 1.807) is 4.90 Å². The van der Waals surface area contributed by atoms with Crippen LogP contribution in [0.3, 0.4) is 0 Å². The number of amidine groups is 1. The van der Waals surface area contributed by atoms with E-state index >= 15 is 0 Å². The fourth-order valence-electron chi connectivity index (χ4n) is 2.31. The Bertz CT molecular complexity index is 533. The van der Waals surface area contributed by atoms with Gasteiger partial charge in [0.15, 0.2) is 0 Å². The van der Waals surface area contributed by atoms with Crippen molar-refractivity contribution < 1.29 is 17.9 Å². The van der Waals surface area contributed by atoms with E-state index in [1.807, 2.05) is 6.92 Å². The first-order chi connectivity index (χ1) is 9.84. The molecule has 1 fully saturated rings. The summed E-state index contributed by atoms with van der Waals surface area (Å²) in [6.45, 7) is 3.18. The molecule has 0 bridgehead atoms. The molecule has 0 spiro atoms. The van der Waals surface area contributed by atoms with Gasteiger partial charge in [0.25, 0.3) is 0 Å². The summed E-state index contributed by atoms with van der Waals surface area (Å²) >= 11 is 0. The number of nitrogen functional groups attached to an aromatic ring is 1. The molecule has 1 saturated heterocycles.